The molecule has 0 heterocycles. The Kier molecular flexibility index (Phi) is 36.7. The van der Waals surface area contributed by atoms with Crippen molar-refractivity contribution in [1.29, 1.82) is 0 Å². The highest BCUT2D eigenvalue weighted by molar-refractivity contribution is 6.17. The number of rotatable bonds is 36. The fourth-order valence-corrected chi connectivity index (χ4v) is 2.81. The van der Waals surface area contributed by atoms with Crippen LogP contribution in [0.25, 0.3) is 0 Å². The zero-order valence-electron chi connectivity index (χ0n) is 24.8. The minimum atomic E-state index is 0.232. The SMILES string of the molecule is CC(C)OCCOCCOCCOCCOCCOCCOCCOCCOCCOCCOCCOCCCl. The summed E-state index contributed by atoms with van der Waals surface area (Å²) in [7, 11) is 0. The van der Waals surface area contributed by atoms with Crippen LogP contribution >= 0.6 is 11.6 Å². The summed E-state index contributed by atoms with van der Waals surface area (Å²) >= 11 is 5.50. The summed E-state index contributed by atoms with van der Waals surface area (Å²) in [5.74, 6) is 0.499. The highest BCUT2D eigenvalue weighted by Crippen LogP contribution is 1.89. The van der Waals surface area contributed by atoms with E-state index in [0.29, 0.717) is 158 Å². The summed E-state index contributed by atoms with van der Waals surface area (Å²) in [5, 5.41) is 0. The molecule has 0 bridgehead atoms. The maximum Gasteiger partial charge on any atom is 0.0703 e. The Bertz CT molecular complexity index is 452. The summed E-state index contributed by atoms with van der Waals surface area (Å²) in [4.78, 5) is 0. The minimum absolute atomic E-state index is 0.232. The Labute approximate surface area is 246 Å². The molecule has 0 aromatic carbocycles. The van der Waals surface area contributed by atoms with E-state index in [1.165, 1.54) is 0 Å². The zero-order chi connectivity index (χ0) is 29.0. The van der Waals surface area contributed by atoms with Gasteiger partial charge in [-0.15, -0.1) is 11.6 Å². The predicted octanol–water partition coefficient (Wildman–Crippen LogP) is 1.83. The third-order valence-electron chi connectivity index (χ3n) is 4.62. The minimum Gasteiger partial charge on any atom is -0.378 e. The summed E-state index contributed by atoms with van der Waals surface area (Å²) in [6.45, 7) is 16.3. The van der Waals surface area contributed by atoms with Crippen LogP contribution in [0, 0.1) is 0 Å². The molecule has 0 N–H and O–H groups in total. The average Bonchev–Trinajstić information content (AvgIpc) is 2.95. The van der Waals surface area contributed by atoms with Crippen molar-refractivity contribution in [2.24, 2.45) is 0 Å². The van der Waals surface area contributed by atoms with Crippen molar-refractivity contribution in [3.63, 3.8) is 0 Å². The lowest BCUT2D eigenvalue weighted by Gasteiger charge is -2.09. The van der Waals surface area contributed by atoms with Crippen LogP contribution in [0.15, 0.2) is 0 Å². The molecule has 0 aromatic heterocycles. The van der Waals surface area contributed by atoms with Crippen molar-refractivity contribution in [3.05, 3.63) is 0 Å². The Morgan fingerprint density at radius 2 is 0.475 bits per heavy atom. The van der Waals surface area contributed by atoms with Crippen LogP contribution in [0.5, 0.6) is 0 Å². The fraction of sp³-hybridized carbons (Fsp3) is 1.00. The van der Waals surface area contributed by atoms with Gasteiger partial charge in [-0.2, -0.15) is 0 Å². The van der Waals surface area contributed by atoms with Crippen molar-refractivity contribution >= 4 is 11.6 Å². The Hall–Kier alpha value is -0.190. The smallest absolute Gasteiger partial charge is 0.0703 e. The molecule has 0 aliphatic carbocycles. The molecule has 13 heteroatoms. The third-order valence-corrected chi connectivity index (χ3v) is 4.77. The van der Waals surface area contributed by atoms with Crippen molar-refractivity contribution < 1.29 is 56.8 Å². The first-order valence-corrected chi connectivity index (χ1v) is 14.8. The van der Waals surface area contributed by atoms with E-state index in [1.807, 2.05) is 13.8 Å². The molecule has 242 valence electrons. The molecule has 0 aliphatic rings. The number of hydrogen-bond acceptors (Lipinski definition) is 12. The molecule has 0 spiro atoms. The molecular formula is C27H55ClO12. The Morgan fingerprint density at radius 1 is 0.300 bits per heavy atom. The van der Waals surface area contributed by atoms with E-state index in [9.17, 15) is 0 Å². The zero-order valence-corrected chi connectivity index (χ0v) is 25.6. The highest BCUT2D eigenvalue weighted by atomic mass is 35.5. The summed E-state index contributed by atoms with van der Waals surface area (Å²) < 4.78 is 64.9. The van der Waals surface area contributed by atoms with E-state index in [-0.39, 0.29) is 6.10 Å². The van der Waals surface area contributed by atoms with E-state index in [4.69, 9.17) is 68.4 Å². The van der Waals surface area contributed by atoms with Gasteiger partial charge >= 0.3 is 0 Å². The van der Waals surface area contributed by atoms with E-state index in [1.54, 1.807) is 0 Å². The molecule has 0 aliphatic heterocycles. The average molecular weight is 607 g/mol. The molecule has 0 unspecified atom stereocenters. The van der Waals surface area contributed by atoms with Crippen molar-refractivity contribution in [2.45, 2.75) is 20.0 Å². The maximum atomic E-state index is 5.50. The van der Waals surface area contributed by atoms with Gasteiger partial charge in [0.15, 0.2) is 0 Å². The number of alkyl halides is 1. The lowest BCUT2D eigenvalue weighted by Crippen LogP contribution is -2.15. The van der Waals surface area contributed by atoms with Gasteiger partial charge in [0.25, 0.3) is 0 Å². The molecule has 0 rings (SSSR count). The van der Waals surface area contributed by atoms with Gasteiger partial charge in [-0.25, -0.2) is 0 Å². The lowest BCUT2D eigenvalue weighted by molar-refractivity contribution is -0.0292. The van der Waals surface area contributed by atoms with Gasteiger partial charge < -0.3 is 56.8 Å². The van der Waals surface area contributed by atoms with E-state index in [0.717, 1.165) is 0 Å². The van der Waals surface area contributed by atoms with Gasteiger partial charge in [0.2, 0.25) is 0 Å². The lowest BCUT2D eigenvalue weighted by atomic mass is 10.5. The molecule has 40 heavy (non-hydrogen) atoms. The summed E-state index contributed by atoms with van der Waals surface area (Å²) in [6, 6.07) is 0. The number of hydrogen-bond donors (Lipinski definition) is 0. The largest absolute Gasteiger partial charge is 0.378 e. The molecule has 0 aromatic rings. The maximum absolute atomic E-state index is 5.50. The van der Waals surface area contributed by atoms with E-state index >= 15 is 0 Å². The van der Waals surface area contributed by atoms with Gasteiger partial charge in [0.05, 0.1) is 158 Å². The number of halogens is 1. The normalized spacial score (nSPS) is 11.7. The van der Waals surface area contributed by atoms with Crippen LogP contribution < -0.4 is 0 Å². The standard InChI is InChI=1S/C27H55ClO12/c1-27(2)40-26-25-39-24-23-38-22-21-37-20-19-36-18-17-35-16-15-34-14-13-33-12-11-32-10-9-31-8-7-30-6-5-29-4-3-28/h27H,3-26H2,1-2H3. The van der Waals surface area contributed by atoms with Gasteiger partial charge in [0.1, 0.15) is 0 Å². The number of ether oxygens (including phenoxy) is 12. The molecule has 12 nitrogen and oxygen atoms in total. The molecule has 0 saturated heterocycles. The van der Waals surface area contributed by atoms with Crippen LogP contribution in [0.4, 0.5) is 0 Å². The Morgan fingerprint density at radius 3 is 0.650 bits per heavy atom. The van der Waals surface area contributed by atoms with Gasteiger partial charge in [-0.1, -0.05) is 0 Å². The first-order chi connectivity index (χ1) is 19.8. The second kappa shape index (κ2) is 36.8. The fourth-order valence-electron chi connectivity index (χ4n) is 2.70. The quantitative estimate of drug-likeness (QED) is 0.0766. The Balaban J connectivity index is 3.02. The first-order valence-electron chi connectivity index (χ1n) is 14.3. The second-order valence-electron chi connectivity index (χ2n) is 8.34. The summed E-state index contributed by atoms with van der Waals surface area (Å²) in [6.07, 6.45) is 0.232. The summed E-state index contributed by atoms with van der Waals surface area (Å²) in [5.41, 5.74) is 0. The van der Waals surface area contributed by atoms with Crippen molar-refractivity contribution in [1.82, 2.24) is 0 Å². The molecule has 0 amide bonds. The van der Waals surface area contributed by atoms with Gasteiger partial charge in [0, 0.05) is 5.88 Å². The molecule has 0 fully saturated rings. The van der Waals surface area contributed by atoms with Crippen LogP contribution in [-0.2, 0) is 56.8 Å². The van der Waals surface area contributed by atoms with E-state index < -0.39 is 0 Å². The van der Waals surface area contributed by atoms with Crippen LogP contribution in [0.3, 0.4) is 0 Å². The van der Waals surface area contributed by atoms with Gasteiger partial charge in [-0.3, -0.25) is 0 Å². The molecule has 0 saturated carbocycles. The van der Waals surface area contributed by atoms with E-state index in [2.05, 4.69) is 0 Å². The van der Waals surface area contributed by atoms with Crippen molar-refractivity contribution in [2.75, 3.05) is 158 Å². The third kappa shape index (κ3) is 37.8. The van der Waals surface area contributed by atoms with Crippen LogP contribution in [0.2, 0.25) is 0 Å². The molecule has 0 atom stereocenters. The first kappa shape index (κ1) is 39.8. The monoisotopic (exact) mass is 606 g/mol. The van der Waals surface area contributed by atoms with Crippen LogP contribution in [0.1, 0.15) is 13.8 Å². The molecule has 0 radical (unpaired) electrons. The molecular weight excluding hydrogens is 552 g/mol. The second-order valence-corrected chi connectivity index (χ2v) is 8.72. The topological polar surface area (TPSA) is 111 Å². The predicted molar refractivity (Wildman–Crippen MR) is 151 cm³/mol. The van der Waals surface area contributed by atoms with Gasteiger partial charge in [-0.05, 0) is 13.8 Å². The van der Waals surface area contributed by atoms with Crippen molar-refractivity contribution in [3.8, 4) is 0 Å². The highest BCUT2D eigenvalue weighted by Gasteiger charge is 1.97. The van der Waals surface area contributed by atoms with Crippen LogP contribution in [-0.4, -0.2) is 164 Å².